The van der Waals surface area contributed by atoms with Crippen molar-refractivity contribution in [2.45, 2.75) is 452 Å². The Hall–Kier alpha value is -1.94. The van der Waals surface area contributed by atoms with Gasteiger partial charge in [-0.05, 0) is 43.4 Å². The average molecular weight is 1490 g/mol. The van der Waals surface area contributed by atoms with Crippen LogP contribution in [0.25, 0.3) is 0 Å². The minimum absolute atomic E-state index is 0.106. The third kappa shape index (κ3) is 74.9. The fraction of sp³-hybridized carbons (Fsp3) is 0.952. The number of aliphatic hydroxyl groups excluding tert-OH is 1. The first kappa shape index (κ1) is 100. The summed E-state index contributed by atoms with van der Waals surface area (Å²) in [6.45, 7) is 12.0. The number of hydrogen-bond donors (Lipinski definition) is 3. The van der Waals surface area contributed by atoms with Crippen molar-refractivity contribution in [1.82, 2.24) is 0 Å². The Morgan fingerprint density at radius 1 is 0.284 bits per heavy atom. The molecule has 0 amide bonds. The van der Waals surface area contributed by atoms with E-state index in [1.165, 1.54) is 238 Å². The fourth-order valence-electron chi connectivity index (χ4n) is 12.8. The maximum Gasteiger partial charge on any atom is 0.472 e. The monoisotopic (exact) mass is 1490 g/mol. The summed E-state index contributed by atoms with van der Waals surface area (Å²) in [5, 5.41) is 10.7. The van der Waals surface area contributed by atoms with E-state index in [1.54, 1.807) is 0 Å². The maximum atomic E-state index is 13.1. The summed E-state index contributed by atoms with van der Waals surface area (Å²) in [7, 11) is -9.92. The highest BCUT2D eigenvalue weighted by Crippen LogP contribution is 2.45. The number of esters is 4. The first-order valence-electron chi connectivity index (χ1n) is 42.9. The molecule has 0 aliphatic heterocycles. The van der Waals surface area contributed by atoms with Crippen LogP contribution in [-0.2, 0) is 65.4 Å². The molecule has 0 aromatic carbocycles. The average Bonchev–Trinajstić information content (AvgIpc) is 0.913. The predicted molar refractivity (Wildman–Crippen MR) is 418 cm³/mol. The first-order chi connectivity index (χ1) is 49.3. The molecule has 0 saturated carbocycles. The molecule has 0 aromatic heterocycles. The van der Waals surface area contributed by atoms with Crippen LogP contribution in [0, 0.1) is 17.8 Å². The van der Waals surface area contributed by atoms with Crippen LogP contribution in [0.5, 0.6) is 0 Å². The summed E-state index contributed by atoms with van der Waals surface area (Å²) in [5.74, 6) is 0.232. The van der Waals surface area contributed by atoms with Crippen LogP contribution < -0.4 is 0 Å². The van der Waals surface area contributed by atoms with Crippen LogP contribution in [0.2, 0.25) is 0 Å². The van der Waals surface area contributed by atoms with Gasteiger partial charge in [0.25, 0.3) is 0 Å². The van der Waals surface area contributed by atoms with E-state index in [4.69, 9.17) is 37.0 Å². The van der Waals surface area contributed by atoms with Crippen molar-refractivity contribution in [3.8, 4) is 0 Å². The van der Waals surface area contributed by atoms with Gasteiger partial charge in [-0.3, -0.25) is 37.3 Å². The second-order valence-electron chi connectivity index (χ2n) is 31.1. The summed E-state index contributed by atoms with van der Waals surface area (Å²) in [6.07, 6.45) is 62.5. The number of phosphoric ester groups is 2. The summed E-state index contributed by atoms with van der Waals surface area (Å²) < 4.78 is 68.8. The highest BCUT2D eigenvalue weighted by molar-refractivity contribution is 7.47. The zero-order chi connectivity index (χ0) is 75.1. The van der Waals surface area contributed by atoms with Crippen LogP contribution in [0.15, 0.2) is 0 Å². The molecule has 0 aliphatic rings. The Morgan fingerprint density at radius 3 is 0.745 bits per heavy atom. The van der Waals surface area contributed by atoms with Crippen LogP contribution in [0.1, 0.15) is 434 Å². The topological polar surface area (TPSA) is 237 Å². The number of hydrogen-bond acceptors (Lipinski definition) is 15. The van der Waals surface area contributed by atoms with E-state index in [9.17, 15) is 43.2 Å². The standard InChI is InChI=1S/C83H162O17P2/c1-8-10-11-12-13-14-15-16-17-23-26-31-36-43-50-57-64-80(85)93-70-78(99-82(87)66-59-52-44-37-32-27-24-21-19-18-20-22-25-30-35-42-49-56-63-76(7)9-2)72-97-101(89,90)95-68-77(84)69-96-102(91,92)98-73-79(71-94-81(86)65-58-51-46-39-41-48-55-62-75(5)6)100-83(88)67-60-53-45-38-33-28-29-34-40-47-54-61-74(3)4/h74-79,84H,8-73H2,1-7H3,(H,89,90)(H,91,92)/t76?,77-,78-,79-/m1/s1. The minimum Gasteiger partial charge on any atom is -0.462 e. The quantitative estimate of drug-likeness (QED) is 0.0222. The second kappa shape index (κ2) is 73.2. The van der Waals surface area contributed by atoms with Gasteiger partial charge in [-0.2, -0.15) is 0 Å². The highest BCUT2D eigenvalue weighted by Gasteiger charge is 2.30. The molecule has 0 bridgehead atoms. The SMILES string of the molecule is CCCCCCCCCCCCCCCCCCC(=O)OC[C@H](COP(=O)(O)OC[C@@H](O)COP(=O)(O)OC[C@@H](COC(=O)CCCCCCCCCC(C)C)OC(=O)CCCCCCCCCCCCCC(C)C)OC(=O)CCCCCCCCCCCCCCCCCCCCC(C)CC. The molecule has 19 heteroatoms. The van der Waals surface area contributed by atoms with Gasteiger partial charge in [0.15, 0.2) is 12.2 Å². The molecule has 0 rings (SSSR count). The smallest absolute Gasteiger partial charge is 0.462 e. The van der Waals surface area contributed by atoms with Gasteiger partial charge in [0.2, 0.25) is 0 Å². The highest BCUT2D eigenvalue weighted by atomic mass is 31.2. The van der Waals surface area contributed by atoms with Crippen molar-refractivity contribution < 1.29 is 80.2 Å². The Morgan fingerprint density at radius 2 is 0.500 bits per heavy atom. The minimum atomic E-state index is -4.96. The third-order valence-electron chi connectivity index (χ3n) is 19.7. The molecule has 0 spiro atoms. The van der Waals surface area contributed by atoms with Crippen molar-refractivity contribution in [2.24, 2.45) is 17.8 Å². The lowest BCUT2D eigenvalue weighted by Gasteiger charge is -2.21. The van der Waals surface area contributed by atoms with Gasteiger partial charge in [0.05, 0.1) is 26.4 Å². The third-order valence-corrected chi connectivity index (χ3v) is 21.6. The number of ether oxygens (including phenoxy) is 4. The van der Waals surface area contributed by atoms with Gasteiger partial charge in [-0.15, -0.1) is 0 Å². The van der Waals surface area contributed by atoms with Gasteiger partial charge in [0, 0.05) is 25.7 Å². The largest absolute Gasteiger partial charge is 0.472 e. The molecule has 0 fully saturated rings. The first-order valence-corrected chi connectivity index (χ1v) is 45.9. The van der Waals surface area contributed by atoms with E-state index < -0.39 is 97.5 Å². The van der Waals surface area contributed by atoms with E-state index in [1.807, 2.05) is 0 Å². The molecule has 3 N–H and O–H groups in total. The number of carbonyl (C=O) groups is 4. The number of unbranched alkanes of at least 4 members (excludes halogenated alkanes) is 48. The second-order valence-corrected chi connectivity index (χ2v) is 34.0. The summed E-state index contributed by atoms with van der Waals surface area (Å²) in [5.41, 5.74) is 0. The normalized spacial score (nSPS) is 14.2. The molecule has 0 aromatic rings. The van der Waals surface area contributed by atoms with Crippen molar-refractivity contribution in [2.75, 3.05) is 39.6 Å². The van der Waals surface area contributed by atoms with E-state index in [2.05, 4.69) is 48.5 Å². The summed E-state index contributed by atoms with van der Waals surface area (Å²) in [6, 6.07) is 0. The number of carbonyl (C=O) groups excluding carboxylic acids is 4. The van der Waals surface area contributed by atoms with Gasteiger partial charge >= 0.3 is 39.5 Å². The van der Waals surface area contributed by atoms with Crippen molar-refractivity contribution >= 4 is 39.5 Å². The lowest BCUT2D eigenvalue weighted by atomic mass is 9.99. The molecule has 606 valence electrons. The number of rotatable bonds is 81. The molecule has 3 unspecified atom stereocenters. The molecule has 0 radical (unpaired) electrons. The Balaban J connectivity index is 5.22. The molecular weight excluding hydrogens is 1330 g/mol. The molecule has 0 saturated heterocycles. The fourth-order valence-corrected chi connectivity index (χ4v) is 14.4. The Labute approximate surface area is 626 Å². The molecule has 0 heterocycles. The van der Waals surface area contributed by atoms with E-state index in [0.717, 1.165) is 108 Å². The Bertz CT molecular complexity index is 1980. The van der Waals surface area contributed by atoms with E-state index in [0.29, 0.717) is 31.6 Å². The number of phosphoric acid groups is 2. The van der Waals surface area contributed by atoms with Crippen molar-refractivity contribution in [3.63, 3.8) is 0 Å². The maximum absolute atomic E-state index is 13.1. The molecule has 17 nitrogen and oxygen atoms in total. The van der Waals surface area contributed by atoms with Crippen molar-refractivity contribution in [3.05, 3.63) is 0 Å². The Kier molecular flexibility index (Phi) is 71.8. The summed E-state index contributed by atoms with van der Waals surface area (Å²) >= 11 is 0. The molecule has 102 heavy (non-hydrogen) atoms. The number of aliphatic hydroxyl groups is 1. The van der Waals surface area contributed by atoms with Crippen LogP contribution >= 0.6 is 15.6 Å². The molecular formula is C83H162O17P2. The molecule has 6 atom stereocenters. The lowest BCUT2D eigenvalue weighted by Crippen LogP contribution is -2.30. The van der Waals surface area contributed by atoms with Crippen LogP contribution in [0.3, 0.4) is 0 Å². The zero-order valence-electron chi connectivity index (χ0n) is 67.1. The van der Waals surface area contributed by atoms with Gasteiger partial charge in [-0.1, -0.05) is 382 Å². The predicted octanol–water partition coefficient (Wildman–Crippen LogP) is 24.9. The molecule has 0 aliphatic carbocycles. The van der Waals surface area contributed by atoms with Crippen molar-refractivity contribution in [1.29, 1.82) is 0 Å². The van der Waals surface area contributed by atoms with E-state index in [-0.39, 0.29) is 25.7 Å². The van der Waals surface area contributed by atoms with E-state index >= 15 is 0 Å². The van der Waals surface area contributed by atoms with Crippen LogP contribution in [0.4, 0.5) is 0 Å². The van der Waals surface area contributed by atoms with Gasteiger partial charge in [-0.25, -0.2) is 9.13 Å². The van der Waals surface area contributed by atoms with Crippen LogP contribution in [-0.4, -0.2) is 96.7 Å². The van der Waals surface area contributed by atoms with Gasteiger partial charge < -0.3 is 33.8 Å². The zero-order valence-corrected chi connectivity index (χ0v) is 68.9. The summed E-state index contributed by atoms with van der Waals surface area (Å²) in [4.78, 5) is 73.1. The van der Waals surface area contributed by atoms with Gasteiger partial charge in [0.1, 0.15) is 19.3 Å². The lowest BCUT2D eigenvalue weighted by molar-refractivity contribution is -0.161.